The molecule has 3 heteroatoms. The number of nitrogens with one attached hydrogen (secondary N) is 1. The van der Waals surface area contributed by atoms with Crippen LogP contribution in [-0.4, -0.2) is 13.7 Å². The summed E-state index contributed by atoms with van der Waals surface area (Å²) in [7, 11) is 1.50. The molecule has 2 nitrogen and oxygen atoms in total. The van der Waals surface area contributed by atoms with Crippen molar-refractivity contribution in [3.8, 4) is 5.75 Å². The minimum Gasteiger partial charge on any atom is -0.494 e. The topological polar surface area (TPSA) is 21.3 Å². The number of rotatable bonds is 3. The van der Waals surface area contributed by atoms with E-state index in [0.717, 1.165) is 19.5 Å². The molecule has 1 N–H and O–H groups in total. The predicted molar refractivity (Wildman–Crippen MR) is 77.6 cm³/mol. The fraction of sp³-hybridized carbons (Fsp3) is 0.294. The van der Waals surface area contributed by atoms with Crippen molar-refractivity contribution in [1.29, 1.82) is 0 Å². The molecule has 0 saturated heterocycles. The van der Waals surface area contributed by atoms with E-state index in [1.807, 2.05) is 12.1 Å². The van der Waals surface area contributed by atoms with E-state index in [9.17, 15) is 4.39 Å². The van der Waals surface area contributed by atoms with Gasteiger partial charge < -0.3 is 10.1 Å². The highest BCUT2D eigenvalue weighted by Crippen LogP contribution is 2.25. The molecule has 0 unspecified atom stereocenters. The van der Waals surface area contributed by atoms with Crippen LogP contribution in [0.4, 0.5) is 4.39 Å². The van der Waals surface area contributed by atoms with Gasteiger partial charge in [-0.05, 0) is 41.3 Å². The van der Waals surface area contributed by atoms with Crippen molar-refractivity contribution in [2.45, 2.75) is 19.4 Å². The van der Waals surface area contributed by atoms with E-state index < -0.39 is 0 Å². The van der Waals surface area contributed by atoms with Gasteiger partial charge in [0.05, 0.1) is 7.11 Å². The molecule has 0 amide bonds. The Morgan fingerprint density at radius 2 is 1.95 bits per heavy atom. The molecule has 1 aliphatic heterocycles. The summed E-state index contributed by atoms with van der Waals surface area (Å²) in [5, 5.41) is 3.39. The third-order valence-electron chi connectivity index (χ3n) is 3.89. The van der Waals surface area contributed by atoms with E-state index >= 15 is 0 Å². The van der Waals surface area contributed by atoms with Crippen molar-refractivity contribution in [2.75, 3.05) is 13.7 Å². The summed E-state index contributed by atoms with van der Waals surface area (Å²) in [6, 6.07) is 11.6. The molecule has 1 aliphatic rings. The molecule has 0 radical (unpaired) electrons. The Kier molecular flexibility index (Phi) is 3.70. The molecule has 20 heavy (non-hydrogen) atoms. The van der Waals surface area contributed by atoms with Gasteiger partial charge in [-0.3, -0.25) is 0 Å². The summed E-state index contributed by atoms with van der Waals surface area (Å²) < 4.78 is 19.3. The third-order valence-corrected chi connectivity index (χ3v) is 3.89. The van der Waals surface area contributed by atoms with Crippen molar-refractivity contribution in [3.05, 3.63) is 64.5 Å². The van der Waals surface area contributed by atoms with Crippen LogP contribution < -0.4 is 10.1 Å². The largest absolute Gasteiger partial charge is 0.494 e. The Morgan fingerprint density at radius 3 is 2.80 bits per heavy atom. The lowest BCUT2D eigenvalue weighted by atomic mass is 9.92. The number of fused-ring (bicyclic) bond motifs is 1. The summed E-state index contributed by atoms with van der Waals surface area (Å²) in [6.07, 6.45) is 1.65. The van der Waals surface area contributed by atoms with Gasteiger partial charge in [-0.2, -0.15) is 0 Å². The van der Waals surface area contributed by atoms with Gasteiger partial charge in [0.2, 0.25) is 0 Å². The van der Waals surface area contributed by atoms with Gasteiger partial charge >= 0.3 is 0 Å². The second-order valence-electron chi connectivity index (χ2n) is 5.09. The van der Waals surface area contributed by atoms with Crippen molar-refractivity contribution < 1.29 is 9.13 Å². The quantitative estimate of drug-likeness (QED) is 0.926. The lowest BCUT2D eigenvalue weighted by Gasteiger charge is -2.20. The zero-order valence-electron chi connectivity index (χ0n) is 11.6. The summed E-state index contributed by atoms with van der Waals surface area (Å²) in [5.41, 5.74) is 4.58. The standard InChI is InChI=1S/C17H18FNO/c1-20-16-7-3-6-14(17(16)18)10-13-5-2-4-12-8-9-19-11-15(12)13/h2-7,19H,8-11H2,1H3. The maximum atomic E-state index is 14.3. The lowest BCUT2D eigenvalue weighted by molar-refractivity contribution is 0.384. The first-order chi connectivity index (χ1) is 9.79. The van der Waals surface area contributed by atoms with Crippen LogP contribution in [0.2, 0.25) is 0 Å². The smallest absolute Gasteiger partial charge is 0.168 e. The average molecular weight is 271 g/mol. The van der Waals surface area contributed by atoms with Gasteiger partial charge in [-0.1, -0.05) is 30.3 Å². The van der Waals surface area contributed by atoms with Gasteiger partial charge in [0.25, 0.3) is 0 Å². The zero-order chi connectivity index (χ0) is 13.9. The Morgan fingerprint density at radius 1 is 1.15 bits per heavy atom. The number of halogens is 1. The molecule has 0 aromatic heterocycles. The molecule has 0 saturated carbocycles. The van der Waals surface area contributed by atoms with Crippen LogP contribution in [0, 0.1) is 5.82 Å². The normalized spacial score (nSPS) is 13.9. The molecule has 0 fully saturated rings. The molecule has 2 aromatic rings. The highest BCUT2D eigenvalue weighted by Gasteiger charge is 2.15. The molecule has 0 spiro atoms. The van der Waals surface area contributed by atoms with Crippen LogP contribution in [0.25, 0.3) is 0 Å². The van der Waals surface area contributed by atoms with Gasteiger partial charge in [0.1, 0.15) is 0 Å². The van der Waals surface area contributed by atoms with E-state index in [2.05, 4.69) is 23.5 Å². The molecular weight excluding hydrogens is 253 g/mol. The summed E-state index contributed by atoms with van der Waals surface area (Å²) in [5.74, 6) is 0.0572. The summed E-state index contributed by atoms with van der Waals surface area (Å²) in [6.45, 7) is 1.89. The van der Waals surface area contributed by atoms with Gasteiger partial charge in [-0.25, -0.2) is 4.39 Å². The van der Waals surface area contributed by atoms with E-state index in [1.54, 1.807) is 6.07 Å². The first-order valence-corrected chi connectivity index (χ1v) is 6.91. The summed E-state index contributed by atoms with van der Waals surface area (Å²) in [4.78, 5) is 0. The van der Waals surface area contributed by atoms with Crippen molar-refractivity contribution >= 4 is 0 Å². The molecule has 0 aliphatic carbocycles. The zero-order valence-corrected chi connectivity index (χ0v) is 11.6. The molecule has 104 valence electrons. The molecule has 0 bridgehead atoms. The van der Waals surface area contributed by atoms with Gasteiger partial charge in [-0.15, -0.1) is 0 Å². The minimum atomic E-state index is -0.253. The van der Waals surface area contributed by atoms with Crippen molar-refractivity contribution in [3.63, 3.8) is 0 Å². The maximum absolute atomic E-state index is 14.3. The highest BCUT2D eigenvalue weighted by atomic mass is 19.1. The fourth-order valence-corrected chi connectivity index (χ4v) is 2.81. The van der Waals surface area contributed by atoms with E-state index in [0.29, 0.717) is 17.7 Å². The van der Waals surface area contributed by atoms with E-state index in [1.165, 1.54) is 23.8 Å². The fourth-order valence-electron chi connectivity index (χ4n) is 2.81. The van der Waals surface area contributed by atoms with Crippen molar-refractivity contribution in [2.24, 2.45) is 0 Å². The highest BCUT2D eigenvalue weighted by molar-refractivity contribution is 5.41. The Hall–Kier alpha value is -1.87. The first-order valence-electron chi connectivity index (χ1n) is 6.91. The number of methoxy groups -OCH3 is 1. The molecule has 3 rings (SSSR count). The SMILES string of the molecule is COc1cccc(Cc2cccc3c2CNCC3)c1F. The molecule has 1 heterocycles. The molecular formula is C17H18FNO. The number of ether oxygens (including phenoxy) is 1. The minimum absolute atomic E-state index is 0.253. The van der Waals surface area contributed by atoms with Crippen LogP contribution in [0.15, 0.2) is 36.4 Å². The van der Waals surface area contributed by atoms with Crippen LogP contribution in [0.1, 0.15) is 22.3 Å². The Labute approximate surface area is 118 Å². The van der Waals surface area contributed by atoms with Crippen LogP contribution in [0.3, 0.4) is 0 Å². The van der Waals surface area contributed by atoms with Crippen LogP contribution >= 0.6 is 0 Å². The number of hydrogen-bond acceptors (Lipinski definition) is 2. The third kappa shape index (κ3) is 2.41. The average Bonchev–Trinajstić information content (AvgIpc) is 2.50. The Bertz CT molecular complexity index is 624. The summed E-state index contributed by atoms with van der Waals surface area (Å²) >= 11 is 0. The van der Waals surface area contributed by atoms with E-state index in [-0.39, 0.29) is 5.82 Å². The number of benzene rings is 2. The number of hydrogen-bond donors (Lipinski definition) is 1. The first kappa shape index (κ1) is 13.1. The lowest BCUT2D eigenvalue weighted by Crippen LogP contribution is -2.24. The van der Waals surface area contributed by atoms with E-state index in [4.69, 9.17) is 4.74 Å². The molecule has 0 atom stereocenters. The Balaban J connectivity index is 1.96. The van der Waals surface area contributed by atoms with Crippen molar-refractivity contribution in [1.82, 2.24) is 5.32 Å². The predicted octanol–water partition coefficient (Wildman–Crippen LogP) is 3.07. The molecule has 2 aromatic carbocycles. The van der Waals surface area contributed by atoms with Gasteiger partial charge in [0, 0.05) is 13.0 Å². The van der Waals surface area contributed by atoms with Crippen LogP contribution in [-0.2, 0) is 19.4 Å². The second kappa shape index (κ2) is 5.63. The second-order valence-corrected chi connectivity index (χ2v) is 5.09. The van der Waals surface area contributed by atoms with Gasteiger partial charge in [0.15, 0.2) is 11.6 Å². The van der Waals surface area contributed by atoms with Crippen LogP contribution in [0.5, 0.6) is 5.75 Å². The monoisotopic (exact) mass is 271 g/mol. The maximum Gasteiger partial charge on any atom is 0.168 e.